The Bertz CT molecular complexity index is 885. The fourth-order valence-electron chi connectivity index (χ4n) is 3.44. The second-order valence-corrected chi connectivity index (χ2v) is 9.31. The summed E-state index contributed by atoms with van der Waals surface area (Å²) in [5.74, 6) is -1.41. The van der Waals surface area contributed by atoms with Gasteiger partial charge < -0.3 is 29.4 Å². The molecule has 0 aromatic heterocycles. The van der Waals surface area contributed by atoms with Crippen molar-refractivity contribution in [3.05, 3.63) is 24.3 Å². The van der Waals surface area contributed by atoms with Crippen LogP contribution in [-0.2, 0) is 38.0 Å². The number of phenolic OH excluding ortho intramolecular Hbond substituents is 1. The SMILES string of the molecule is C[C@H]1C(=O)N[C@H]1O[C@@H]1[C@H]2OC(C)(C)O[C@H]2O[C@@H]1COS(=O)(=O)c1ccc(O)cc1. The average Bonchev–Trinajstić information content (AvgIpc) is 3.12. The molecule has 0 aliphatic carbocycles. The van der Waals surface area contributed by atoms with Crippen LogP contribution in [0.2, 0.25) is 0 Å². The molecule has 0 saturated carbocycles. The summed E-state index contributed by atoms with van der Waals surface area (Å²) >= 11 is 0. The van der Waals surface area contributed by atoms with Crippen LogP contribution in [-0.4, -0.2) is 62.7 Å². The zero-order valence-corrected chi connectivity index (χ0v) is 16.9. The lowest BCUT2D eigenvalue weighted by atomic mass is 10.0. The number of carbonyl (C=O) groups excluding carboxylic acids is 1. The number of fused-ring (bicyclic) bond motifs is 1. The van der Waals surface area contributed by atoms with Gasteiger partial charge in [-0.15, -0.1) is 0 Å². The molecule has 10 nitrogen and oxygen atoms in total. The number of β-lactam (4-membered cyclic amide) rings is 1. The summed E-state index contributed by atoms with van der Waals surface area (Å²) in [6.45, 7) is 4.87. The first-order chi connectivity index (χ1) is 13.6. The summed E-state index contributed by atoms with van der Waals surface area (Å²) in [4.78, 5) is 11.4. The second kappa shape index (κ2) is 7.18. The minimum Gasteiger partial charge on any atom is -0.508 e. The molecule has 3 aliphatic heterocycles. The average molecular weight is 429 g/mol. The van der Waals surface area contributed by atoms with Gasteiger partial charge in [-0.25, -0.2) is 0 Å². The predicted octanol–water partition coefficient (Wildman–Crippen LogP) is 0.451. The van der Waals surface area contributed by atoms with E-state index in [9.17, 15) is 18.3 Å². The highest BCUT2D eigenvalue weighted by atomic mass is 32.2. The molecule has 3 heterocycles. The summed E-state index contributed by atoms with van der Waals surface area (Å²) < 4.78 is 53.3. The Morgan fingerprint density at radius 1 is 1.21 bits per heavy atom. The molecular formula is C18H23NO9S. The van der Waals surface area contributed by atoms with Gasteiger partial charge in [-0.2, -0.15) is 8.42 Å². The van der Waals surface area contributed by atoms with Gasteiger partial charge in [0.05, 0.1) is 17.4 Å². The van der Waals surface area contributed by atoms with Gasteiger partial charge in [0, 0.05) is 0 Å². The van der Waals surface area contributed by atoms with Crippen LogP contribution in [0.25, 0.3) is 0 Å². The maximum absolute atomic E-state index is 12.4. The molecule has 3 fully saturated rings. The third-order valence-electron chi connectivity index (χ3n) is 5.06. The first kappa shape index (κ1) is 20.5. The zero-order valence-electron chi connectivity index (χ0n) is 16.1. The van der Waals surface area contributed by atoms with Gasteiger partial charge in [-0.05, 0) is 45.0 Å². The molecule has 0 spiro atoms. The van der Waals surface area contributed by atoms with Crippen molar-refractivity contribution in [3.8, 4) is 5.75 Å². The molecule has 2 N–H and O–H groups in total. The van der Waals surface area contributed by atoms with Crippen molar-refractivity contribution in [2.75, 3.05) is 6.61 Å². The van der Waals surface area contributed by atoms with Crippen molar-refractivity contribution in [3.63, 3.8) is 0 Å². The number of hydrogen-bond donors (Lipinski definition) is 2. The van der Waals surface area contributed by atoms with E-state index in [4.69, 9.17) is 23.1 Å². The van der Waals surface area contributed by atoms with Crippen LogP contribution in [0.1, 0.15) is 20.8 Å². The minimum absolute atomic E-state index is 0.0575. The van der Waals surface area contributed by atoms with Gasteiger partial charge in [0.1, 0.15) is 30.3 Å². The Morgan fingerprint density at radius 2 is 1.90 bits per heavy atom. The predicted molar refractivity (Wildman–Crippen MR) is 95.9 cm³/mol. The largest absolute Gasteiger partial charge is 0.508 e. The van der Waals surface area contributed by atoms with Crippen molar-refractivity contribution in [1.29, 1.82) is 0 Å². The topological polar surface area (TPSA) is 130 Å². The van der Waals surface area contributed by atoms with E-state index in [1.165, 1.54) is 24.3 Å². The Morgan fingerprint density at radius 3 is 2.52 bits per heavy atom. The molecule has 1 amide bonds. The summed E-state index contributed by atoms with van der Waals surface area (Å²) in [6.07, 6.45) is -3.37. The highest BCUT2D eigenvalue weighted by molar-refractivity contribution is 7.86. The molecular weight excluding hydrogens is 406 g/mol. The van der Waals surface area contributed by atoms with E-state index < -0.39 is 46.7 Å². The lowest BCUT2D eigenvalue weighted by molar-refractivity contribution is -0.230. The first-order valence-electron chi connectivity index (χ1n) is 9.21. The summed E-state index contributed by atoms with van der Waals surface area (Å²) in [6, 6.07) is 4.98. The van der Waals surface area contributed by atoms with Crippen molar-refractivity contribution >= 4 is 16.0 Å². The number of hydrogen-bond acceptors (Lipinski definition) is 9. The van der Waals surface area contributed by atoms with Crippen LogP contribution in [0.4, 0.5) is 0 Å². The molecule has 0 radical (unpaired) electrons. The highest BCUT2D eigenvalue weighted by Gasteiger charge is 2.57. The molecule has 0 bridgehead atoms. The van der Waals surface area contributed by atoms with Gasteiger partial charge in [-0.3, -0.25) is 8.98 Å². The Labute approximate surface area is 168 Å². The van der Waals surface area contributed by atoms with Crippen LogP contribution in [0, 0.1) is 5.92 Å². The summed E-state index contributed by atoms with van der Waals surface area (Å²) in [5.41, 5.74) is 0. The monoisotopic (exact) mass is 429 g/mol. The molecule has 11 heteroatoms. The fraction of sp³-hybridized carbons (Fsp3) is 0.611. The molecule has 4 rings (SSSR count). The molecule has 1 aromatic rings. The number of phenols is 1. The van der Waals surface area contributed by atoms with Crippen LogP contribution in [0.5, 0.6) is 5.75 Å². The first-order valence-corrected chi connectivity index (χ1v) is 10.6. The smallest absolute Gasteiger partial charge is 0.297 e. The molecule has 3 saturated heterocycles. The van der Waals surface area contributed by atoms with E-state index in [-0.39, 0.29) is 29.1 Å². The fourth-order valence-corrected chi connectivity index (χ4v) is 4.36. The lowest BCUT2D eigenvalue weighted by Crippen LogP contribution is -2.60. The van der Waals surface area contributed by atoms with E-state index in [0.29, 0.717) is 0 Å². The Kier molecular flexibility index (Phi) is 5.08. The second-order valence-electron chi connectivity index (χ2n) is 7.69. The van der Waals surface area contributed by atoms with Crippen LogP contribution in [0.3, 0.4) is 0 Å². The van der Waals surface area contributed by atoms with E-state index in [2.05, 4.69) is 5.32 Å². The maximum Gasteiger partial charge on any atom is 0.297 e. The van der Waals surface area contributed by atoms with Crippen molar-refractivity contribution in [2.24, 2.45) is 5.92 Å². The standard InChI is InChI=1S/C18H23NO9S/c1-9-15(21)19-16(9)26-13-12(25-17-14(13)27-18(2,3)28-17)8-24-29(22,23)11-6-4-10(20)5-7-11/h4-7,9,12-14,16-17,20H,8H2,1-3H3,(H,19,21)/t9-,12+,13-,14+,16-,17+/m0/s1. The number of benzene rings is 1. The highest BCUT2D eigenvalue weighted by Crippen LogP contribution is 2.40. The maximum atomic E-state index is 12.4. The molecule has 160 valence electrons. The summed E-state index contributed by atoms with van der Waals surface area (Å²) in [5, 5.41) is 12.0. The molecule has 3 aliphatic rings. The molecule has 0 unspecified atom stereocenters. The Hall–Kier alpha value is -1.76. The quantitative estimate of drug-likeness (QED) is 0.489. The summed E-state index contributed by atoms with van der Waals surface area (Å²) in [7, 11) is -4.07. The molecule has 29 heavy (non-hydrogen) atoms. The number of amides is 1. The van der Waals surface area contributed by atoms with Gasteiger partial charge >= 0.3 is 0 Å². The van der Waals surface area contributed by atoms with E-state index in [0.717, 1.165) is 0 Å². The van der Waals surface area contributed by atoms with Crippen LogP contribution < -0.4 is 5.32 Å². The Balaban J connectivity index is 1.46. The van der Waals surface area contributed by atoms with Crippen molar-refractivity contribution < 1.29 is 41.4 Å². The lowest BCUT2D eigenvalue weighted by Gasteiger charge is -2.37. The van der Waals surface area contributed by atoms with Crippen molar-refractivity contribution in [1.82, 2.24) is 5.32 Å². The van der Waals surface area contributed by atoms with E-state index in [1.54, 1.807) is 20.8 Å². The minimum atomic E-state index is -4.07. The number of rotatable bonds is 6. The number of ether oxygens (including phenoxy) is 4. The van der Waals surface area contributed by atoms with Gasteiger partial charge in [0.15, 0.2) is 12.1 Å². The van der Waals surface area contributed by atoms with E-state index >= 15 is 0 Å². The number of carbonyl (C=O) groups is 1. The normalized spacial score (nSPS) is 35.8. The third-order valence-corrected chi connectivity index (χ3v) is 6.35. The third kappa shape index (κ3) is 3.98. The van der Waals surface area contributed by atoms with Crippen molar-refractivity contribution in [2.45, 2.75) is 62.3 Å². The molecule has 1 aromatic carbocycles. The van der Waals surface area contributed by atoms with E-state index in [1.807, 2.05) is 0 Å². The van der Waals surface area contributed by atoms with Gasteiger partial charge in [0.2, 0.25) is 5.91 Å². The zero-order chi connectivity index (χ0) is 21.0. The number of nitrogens with one attached hydrogen (secondary N) is 1. The van der Waals surface area contributed by atoms with Crippen LogP contribution in [0.15, 0.2) is 29.2 Å². The van der Waals surface area contributed by atoms with Gasteiger partial charge in [-0.1, -0.05) is 0 Å². The number of aromatic hydroxyl groups is 1. The molecule has 6 atom stereocenters. The van der Waals surface area contributed by atoms with Gasteiger partial charge in [0.25, 0.3) is 10.1 Å². The van der Waals surface area contributed by atoms with Crippen LogP contribution >= 0.6 is 0 Å².